The molecule has 0 aromatic heterocycles. The molecule has 0 unspecified atom stereocenters. The van der Waals surface area contributed by atoms with Gasteiger partial charge in [-0.2, -0.15) is 0 Å². The summed E-state index contributed by atoms with van der Waals surface area (Å²) in [5.41, 5.74) is 0.310. The maximum Gasteiger partial charge on any atom is 0.263 e. The molecule has 2 aliphatic rings. The van der Waals surface area contributed by atoms with Gasteiger partial charge in [0.25, 0.3) is 5.91 Å². The summed E-state index contributed by atoms with van der Waals surface area (Å²) in [4.78, 5) is 12.7. The first kappa shape index (κ1) is 19.7. The first-order chi connectivity index (χ1) is 13.8. The van der Waals surface area contributed by atoms with Crippen LogP contribution in [0, 0.1) is 0 Å². The van der Waals surface area contributed by atoms with Crippen molar-refractivity contribution in [2.45, 2.75) is 12.2 Å². The number of ether oxygens (including phenoxy) is 3. The maximum atomic E-state index is 12.7. The Morgan fingerprint density at radius 1 is 1.17 bits per heavy atom. The van der Waals surface area contributed by atoms with Gasteiger partial charge in [-0.3, -0.25) is 9.10 Å². The highest BCUT2D eigenvalue weighted by Crippen LogP contribution is 2.37. The molecule has 0 fully saturated rings. The number of carbonyl (C=O) groups is 1. The van der Waals surface area contributed by atoms with Crippen molar-refractivity contribution in [3.63, 3.8) is 0 Å². The van der Waals surface area contributed by atoms with Crippen LogP contribution >= 0.6 is 11.6 Å². The first-order valence-electron chi connectivity index (χ1n) is 8.91. The zero-order valence-corrected chi connectivity index (χ0v) is 17.1. The number of benzene rings is 2. The molecule has 0 saturated heterocycles. The van der Waals surface area contributed by atoms with Crippen molar-refractivity contribution in [1.82, 2.24) is 5.32 Å². The Kier molecular flexibility index (Phi) is 5.18. The Morgan fingerprint density at radius 3 is 2.69 bits per heavy atom. The molecule has 2 aliphatic heterocycles. The lowest BCUT2D eigenvalue weighted by Gasteiger charge is -2.34. The van der Waals surface area contributed by atoms with Crippen molar-refractivity contribution < 1.29 is 27.4 Å². The second kappa shape index (κ2) is 7.64. The van der Waals surface area contributed by atoms with E-state index in [-0.39, 0.29) is 24.9 Å². The molecule has 154 valence electrons. The van der Waals surface area contributed by atoms with E-state index in [1.807, 2.05) is 18.2 Å². The Morgan fingerprint density at radius 2 is 1.93 bits per heavy atom. The van der Waals surface area contributed by atoms with Gasteiger partial charge in [0.1, 0.15) is 18.5 Å². The minimum atomic E-state index is -3.62. The maximum absolute atomic E-state index is 12.7. The number of rotatable bonds is 4. The fourth-order valence-electron chi connectivity index (χ4n) is 3.17. The average Bonchev–Trinajstić information content (AvgIpc) is 2.70. The van der Waals surface area contributed by atoms with Gasteiger partial charge in [0.2, 0.25) is 10.0 Å². The molecule has 0 saturated carbocycles. The number of hydrogen-bond donors (Lipinski definition) is 1. The number of nitrogens with zero attached hydrogens (tertiary/aromatic N) is 1. The highest BCUT2D eigenvalue weighted by molar-refractivity contribution is 7.92. The van der Waals surface area contributed by atoms with E-state index < -0.39 is 22.0 Å². The van der Waals surface area contributed by atoms with E-state index >= 15 is 0 Å². The van der Waals surface area contributed by atoms with E-state index in [1.54, 1.807) is 18.2 Å². The molecule has 2 atom stereocenters. The third kappa shape index (κ3) is 4.20. The van der Waals surface area contributed by atoms with Gasteiger partial charge in [-0.15, -0.1) is 0 Å². The number of fused-ring (bicyclic) bond motifs is 2. The van der Waals surface area contributed by atoms with E-state index in [0.717, 1.165) is 10.6 Å². The predicted molar refractivity (Wildman–Crippen MR) is 107 cm³/mol. The topological polar surface area (TPSA) is 94.2 Å². The number of sulfonamides is 1. The van der Waals surface area contributed by atoms with E-state index in [4.69, 9.17) is 25.8 Å². The zero-order chi connectivity index (χ0) is 20.6. The van der Waals surface area contributed by atoms with Gasteiger partial charge < -0.3 is 19.5 Å². The van der Waals surface area contributed by atoms with Crippen LogP contribution in [0.2, 0.25) is 5.02 Å². The van der Waals surface area contributed by atoms with Gasteiger partial charge in [-0.1, -0.05) is 23.7 Å². The fourth-order valence-corrected chi connectivity index (χ4v) is 4.24. The summed E-state index contributed by atoms with van der Waals surface area (Å²) in [5, 5.41) is 3.12. The smallest absolute Gasteiger partial charge is 0.263 e. The summed E-state index contributed by atoms with van der Waals surface area (Å²) < 4.78 is 42.7. The molecule has 0 radical (unpaired) electrons. The zero-order valence-electron chi connectivity index (χ0n) is 15.5. The van der Waals surface area contributed by atoms with E-state index in [9.17, 15) is 13.2 Å². The fraction of sp³-hybridized carbons (Fsp3) is 0.316. The van der Waals surface area contributed by atoms with Crippen LogP contribution in [0.1, 0.15) is 0 Å². The number of anilines is 1. The van der Waals surface area contributed by atoms with Crippen LogP contribution in [0.15, 0.2) is 42.5 Å². The van der Waals surface area contributed by atoms with Crippen LogP contribution in [0.25, 0.3) is 0 Å². The molecule has 1 N–H and O–H groups in total. The Bertz CT molecular complexity index is 1040. The average molecular weight is 439 g/mol. The lowest BCUT2D eigenvalue weighted by molar-refractivity contribution is -0.128. The Hall–Kier alpha value is -2.65. The summed E-state index contributed by atoms with van der Waals surface area (Å²) in [6.07, 6.45) is -0.299. The molecule has 0 aliphatic carbocycles. The normalized spacial score (nSPS) is 20.4. The van der Waals surface area contributed by atoms with Crippen molar-refractivity contribution in [2.75, 3.05) is 30.3 Å². The number of halogens is 1. The summed E-state index contributed by atoms with van der Waals surface area (Å²) >= 11 is 5.98. The molecule has 0 spiro atoms. The molecule has 4 rings (SSSR count). The molecule has 2 aromatic carbocycles. The predicted octanol–water partition coefficient (Wildman–Crippen LogP) is 1.82. The second-order valence-corrected chi connectivity index (χ2v) is 9.10. The first-order valence-corrected chi connectivity index (χ1v) is 11.1. The summed E-state index contributed by atoms with van der Waals surface area (Å²) in [6, 6.07) is 11.9. The number of para-hydroxylation sites is 2. The number of carbonyl (C=O) groups excluding carboxylic acids is 1. The van der Waals surface area contributed by atoms with Gasteiger partial charge >= 0.3 is 0 Å². The third-order valence-electron chi connectivity index (χ3n) is 4.55. The number of amides is 1. The minimum absolute atomic E-state index is 0.150. The quantitative estimate of drug-likeness (QED) is 0.782. The van der Waals surface area contributed by atoms with Crippen LogP contribution < -0.4 is 23.8 Å². The third-order valence-corrected chi connectivity index (χ3v) is 5.94. The molecule has 2 heterocycles. The van der Waals surface area contributed by atoms with Gasteiger partial charge in [0.05, 0.1) is 25.0 Å². The van der Waals surface area contributed by atoms with E-state index in [1.165, 1.54) is 6.07 Å². The summed E-state index contributed by atoms with van der Waals surface area (Å²) in [5.74, 6) is 1.10. The van der Waals surface area contributed by atoms with E-state index in [2.05, 4.69) is 5.32 Å². The van der Waals surface area contributed by atoms with Gasteiger partial charge in [-0.25, -0.2) is 8.42 Å². The highest BCUT2D eigenvalue weighted by Gasteiger charge is 2.35. The SMILES string of the molecule is CS(=O)(=O)N1C[C@H](C(=O)NC[C@@H]2COc3ccccc3O2)Oc2ccc(Cl)cc21. The van der Waals surface area contributed by atoms with Gasteiger partial charge in [0, 0.05) is 5.02 Å². The summed E-state index contributed by atoms with van der Waals surface area (Å²) in [6.45, 7) is 0.335. The van der Waals surface area contributed by atoms with Crippen LogP contribution in [-0.2, 0) is 14.8 Å². The van der Waals surface area contributed by atoms with Crippen molar-refractivity contribution in [3.8, 4) is 17.2 Å². The highest BCUT2D eigenvalue weighted by atomic mass is 35.5. The van der Waals surface area contributed by atoms with Crippen LogP contribution in [0.3, 0.4) is 0 Å². The second-order valence-electron chi connectivity index (χ2n) is 6.76. The van der Waals surface area contributed by atoms with Crippen molar-refractivity contribution in [2.24, 2.45) is 0 Å². The standard InChI is InChI=1S/C19H19ClN2O6S/c1-29(24,25)22-10-18(28-15-7-6-12(20)8-14(15)22)19(23)21-9-13-11-26-16-4-2-3-5-17(16)27-13/h2-8,13,18H,9-11H2,1H3,(H,21,23)/t13-,18-/m1/s1. The lowest BCUT2D eigenvalue weighted by Crippen LogP contribution is -2.52. The van der Waals surface area contributed by atoms with Crippen LogP contribution in [-0.4, -0.2) is 52.5 Å². The Labute approximate surface area is 173 Å². The van der Waals surface area contributed by atoms with Crippen molar-refractivity contribution in [3.05, 3.63) is 47.5 Å². The van der Waals surface area contributed by atoms with Crippen molar-refractivity contribution >= 4 is 33.2 Å². The van der Waals surface area contributed by atoms with Crippen LogP contribution in [0.5, 0.6) is 17.2 Å². The lowest BCUT2D eigenvalue weighted by atomic mass is 10.2. The molecule has 0 bridgehead atoms. The Balaban J connectivity index is 1.43. The van der Waals surface area contributed by atoms with Gasteiger partial charge in [0.15, 0.2) is 17.6 Å². The summed E-state index contributed by atoms with van der Waals surface area (Å²) in [7, 11) is -3.62. The molecule has 2 aromatic rings. The van der Waals surface area contributed by atoms with E-state index in [0.29, 0.717) is 28.8 Å². The molecule has 1 amide bonds. The molecular formula is C19H19ClN2O6S. The van der Waals surface area contributed by atoms with Gasteiger partial charge in [-0.05, 0) is 30.3 Å². The largest absolute Gasteiger partial charge is 0.486 e. The molecule has 8 nitrogen and oxygen atoms in total. The molecule has 29 heavy (non-hydrogen) atoms. The minimum Gasteiger partial charge on any atom is -0.486 e. The number of nitrogens with one attached hydrogen (secondary N) is 1. The number of hydrogen-bond acceptors (Lipinski definition) is 6. The molecule has 10 heteroatoms. The van der Waals surface area contributed by atoms with Crippen molar-refractivity contribution in [1.29, 1.82) is 0 Å². The molecular weight excluding hydrogens is 420 g/mol. The van der Waals surface area contributed by atoms with Crippen LogP contribution in [0.4, 0.5) is 5.69 Å². The monoisotopic (exact) mass is 438 g/mol.